The molecule has 7 rings (SSSR count). The number of hydrogen-bond acceptors (Lipinski definition) is 6. The van der Waals surface area contributed by atoms with Gasteiger partial charge in [0, 0.05) is 33.4 Å². The van der Waals surface area contributed by atoms with Crippen LogP contribution in [0.25, 0.3) is 64.2 Å². The molecular formula is C48H16F6N8O2. The van der Waals surface area contributed by atoms with Crippen LogP contribution < -0.4 is 9.47 Å². The molecule has 0 aromatic heterocycles. The molecule has 2 aliphatic carbocycles. The van der Waals surface area contributed by atoms with Crippen molar-refractivity contribution in [1.82, 2.24) is 0 Å². The molecule has 0 aliphatic heterocycles. The van der Waals surface area contributed by atoms with E-state index in [1.165, 1.54) is 60.7 Å². The van der Waals surface area contributed by atoms with Crippen LogP contribution >= 0.6 is 0 Å². The lowest BCUT2D eigenvalue weighted by Crippen LogP contribution is -2.22. The van der Waals surface area contributed by atoms with Crippen LogP contribution in [-0.4, -0.2) is 12.7 Å². The van der Waals surface area contributed by atoms with E-state index in [9.17, 15) is 34.2 Å². The summed E-state index contributed by atoms with van der Waals surface area (Å²) in [6.07, 6.45) is -11.4. The molecule has 0 atom stereocenters. The molecule has 0 amide bonds. The van der Waals surface area contributed by atoms with E-state index >= 15 is 13.2 Å². The van der Waals surface area contributed by atoms with Crippen LogP contribution in [0.15, 0.2) is 97.1 Å². The van der Waals surface area contributed by atoms with Gasteiger partial charge in [-0.25, -0.2) is 19.4 Å². The molecule has 5 aromatic carbocycles. The summed E-state index contributed by atoms with van der Waals surface area (Å²) in [4.78, 5) is 13.8. The zero-order chi connectivity index (χ0) is 46.1. The van der Waals surface area contributed by atoms with Gasteiger partial charge in [0.1, 0.15) is 23.6 Å². The average Bonchev–Trinajstić information content (AvgIpc) is 3.81. The van der Waals surface area contributed by atoms with Crippen LogP contribution in [-0.2, 0) is 0 Å². The Morgan fingerprint density at radius 1 is 0.531 bits per heavy atom. The Kier molecular flexibility index (Phi) is 10.8. The van der Waals surface area contributed by atoms with Crippen LogP contribution in [0.1, 0.15) is 55.6 Å². The Labute approximate surface area is 359 Å². The number of ether oxygens (including phenoxy) is 2. The second kappa shape index (κ2) is 16.3. The predicted octanol–water partition coefficient (Wildman–Crippen LogP) is 12.8. The average molecular weight is 851 g/mol. The maximum Gasteiger partial charge on any atom is 0.573 e. The number of hydrogen-bond donors (Lipinski definition) is 0. The molecule has 0 spiro atoms. The van der Waals surface area contributed by atoms with Crippen molar-refractivity contribution in [2.75, 3.05) is 0 Å². The standard InChI is InChI=1S/C48H16F6N8O2/c1-59-31-18-29(19-32(20-31)60-2)33(23-57)37-36(28-13-9-6-10-14-28)44(62-4)42-40(37)46(64-48(52,53)54)41-38(45(42)63-47(49,50)51)34(24-58)35(27-11-7-5-8-12-27)39(41)43(61-3)30-16-25(21-55)15-26(17-30)22-56/h5-20H/b37-33+,43-39-. The summed E-state index contributed by atoms with van der Waals surface area (Å²) in [5, 5.41) is 41.7. The van der Waals surface area contributed by atoms with Gasteiger partial charge in [-0.05, 0) is 51.6 Å². The molecule has 302 valence electrons. The number of benzene rings is 5. The van der Waals surface area contributed by atoms with Gasteiger partial charge in [-0.3, -0.25) is 0 Å². The second-order valence-electron chi connectivity index (χ2n) is 13.4. The molecule has 0 saturated heterocycles. The minimum Gasteiger partial charge on any atom is -0.406 e. The maximum absolute atomic E-state index is 15.2. The van der Waals surface area contributed by atoms with E-state index in [4.69, 9.17) is 35.8 Å². The maximum atomic E-state index is 15.2. The molecule has 0 bridgehead atoms. The smallest absolute Gasteiger partial charge is 0.406 e. The third-order valence-electron chi connectivity index (χ3n) is 9.79. The third-order valence-corrected chi connectivity index (χ3v) is 9.79. The minimum atomic E-state index is -5.72. The number of nitrogens with zero attached hydrogens (tertiary/aromatic N) is 8. The summed E-state index contributed by atoms with van der Waals surface area (Å²) in [6.45, 7) is 32.1. The second-order valence-corrected chi connectivity index (χ2v) is 13.4. The van der Waals surface area contributed by atoms with E-state index in [1.54, 1.807) is 6.07 Å². The van der Waals surface area contributed by atoms with Gasteiger partial charge in [0.2, 0.25) is 11.4 Å². The quantitative estimate of drug-likeness (QED) is 0.0949. The van der Waals surface area contributed by atoms with Gasteiger partial charge in [0.25, 0.3) is 0 Å². The first-order chi connectivity index (χ1) is 30.6. The lowest BCUT2D eigenvalue weighted by molar-refractivity contribution is -0.277. The van der Waals surface area contributed by atoms with Gasteiger partial charge >= 0.3 is 12.7 Å². The van der Waals surface area contributed by atoms with Crippen LogP contribution in [0.4, 0.5) is 37.7 Å². The molecular weight excluding hydrogens is 835 g/mol. The van der Waals surface area contributed by atoms with E-state index in [1.807, 2.05) is 18.2 Å². The Morgan fingerprint density at radius 2 is 1.03 bits per heavy atom. The SMILES string of the molecule is [C-]#[N+]C1=C(c2ccccc2)/C(=C(/C#N)c2cc([N+]#[C-])cc([N+]#[C-])c2)c2c(OC(F)(F)F)c3c(c(OC(F)(F)F)c21)C(C#N)=C(c1ccccc1)/C3=C(/[N+]#[C-])c1cc(C#N)cc(C#N)c1. The highest BCUT2D eigenvalue weighted by atomic mass is 19.4. The zero-order valence-electron chi connectivity index (χ0n) is 31.9. The first-order valence-corrected chi connectivity index (χ1v) is 17.9. The highest BCUT2D eigenvalue weighted by molar-refractivity contribution is 6.36. The fraction of sp³-hybridized carbons (Fsp3) is 0.0417. The first-order valence-electron chi connectivity index (χ1n) is 17.9. The molecule has 0 heterocycles. The molecule has 0 unspecified atom stereocenters. The lowest BCUT2D eigenvalue weighted by Gasteiger charge is -2.24. The van der Waals surface area contributed by atoms with E-state index in [-0.39, 0.29) is 55.9 Å². The van der Waals surface area contributed by atoms with E-state index in [0.29, 0.717) is 0 Å². The first kappa shape index (κ1) is 42.3. The Balaban J connectivity index is 1.87. The van der Waals surface area contributed by atoms with Gasteiger partial charge in [-0.1, -0.05) is 78.9 Å². The van der Waals surface area contributed by atoms with Crippen molar-refractivity contribution in [3.05, 3.63) is 198 Å². The summed E-state index contributed by atoms with van der Waals surface area (Å²) in [6, 6.07) is 28.4. The Hall–Kier alpha value is -9.84. The molecule has 2 aliphatic rings. The van der Waals surface area contributed by atoms with Gasteiger partial charge in [-0.2, -0.15) is 21.0 Å². The third kappa shape index (κ3) is 7.36. The summed E-state index contributed by atoms with van der Waals surface area (Å²) < 4.78 is 100. The van der Waals surface area contributed by atoms with Crippen molar-refractivity contribution in [3.63, 3.8) is 0 Å². The zero-order valence-corrected chi connectivity index (χ0v) is 31.9. The number of nitriles is 4. The summed E-state index contributed by atoms with van der Waals surface area (Å²) in [5.74, 6) is -2.72. The van der Waals surface area contributed by atoms with Crippen molar-refractivity contribution in [2.24, 2.45) is 0 Å². The van der Waals surface area contributed by atoms with Crippen molar-refractivity contribution >= 4 is 56.2 Å². The molecule has 10 nitrogen and oxygen atoms in total. The summed E-state index contributed by atoms with van der Waals surface area (Å²) >= 11 is 0. The summed E-state index contributed by atoms with van der Waals surface area (Å²) in [5.41, 5.74) is -9.95. The van der Waals surface area contributed by atoms with Crippen LogP contribution in [0.3, 0.4) is 0 Å². The Bertz CT molecular complexity index is 3110. The predicted molar refractivity (Wildman–Crippen MR) is 219 cm³/mol. The van der Waals surface area contributed by atoms with Crippen LogP contribution in [0.5, 0.6) is 11.5 Å². The van der Waals surface area contributed by atoms with Gasteiger partial charge in [0.15, 0.2) is 11.4 Å². The number of rotatable bonds is 6. The molecule has 0 fully saturated rings. The molecule has 0 N–H and O–H groups in total. The normalized spacial score (nSPS) is 14.2. The Morgan fingerprint density at radius 3 is 1.47 bits per heavy atom. The molecule has 0 radical (unpaired) electrons. The van der Waals surface area contributed by atoms with E-state index < -0.39 is 80.2 Å². The minimum absolute atomic E-state index is 0.00134. The van der Waals surface area contributed by atoms with Crippen molar-refractivity contribution < 1.29 is 35.8 Å². The highest BCUT2D eigenvalue weighted by Crippen LogP contribution is 2.65. The number of fused-ring (bicyclic) bond motifs is 2. The van der Waals surface area contributed by atoms with E-state index in [2.05, 4.69) is 19.4 Å². The van der Waals surface area contributed by atoms with Crippen molar-refractivity contribution in [3.8, 4) is 35.8 Å². The van der Waals surface area contributed by atoms with Gasteiger partial charge in [-0.15, -0.1) is 26.3 Å². The van der Waals surface area contributed by atoms with Gasteiger partial charge < -0.3 is 9.47 Å². The summed E-state index contributed by atoms with van der Waals surface area (Å²) in [7, 11) is 0. The van der Waals surface area contributed by atoms with Crippen LogP contribution in [0.2, 0.25) is 0 Å². The van der Waals surface area contributed by atoms with Gasteiger partial charge in [0.05, 0.1) is 60.7 Å². The van der Waals surface area contributed by atoms with Crippen molar-refractivity contribution in [2.45, 2.75) is 12.7 Å². The fourth-order valence-corrected chi connectivity index (χ4v) is 7.61. The molecule has 16 heteroatoms. The largest absolute Gasteiger partial charge is 0.573 e. The number of halogens is 6. The number of alkyl halides is 6. The topological polar surface area (TPSA) is 131 Å². The molecule has 5 aromatic rings. The van der Waals surface area contributed by atoms with E-state index in [0.717, 1.165) is 36.4 Å². The monoisotopic (exact) mass is 850 g/mol. The fourth-order valence-electron chi connectivity index (χ4n) is 7.61. The number of allylic oxidation sites excluding steroid dienone is 6. The molecule has 64 heavy (non-hydrogen) atoms. The molecule has 0 saturated carbocycles. The van der Waals surface area contributed by atoms with Crippen LogP contribution in [0, 0.1) is 71.6 Å². The highest BCUT2D eigenvalue weighted by Gasteiger charge is 2.49. The van der Waals surface area contributed by atoms with Crippen molar-refractivity contribution in [1.29, 1.82) is 21.0 Å². The lowest BCUT2D eigenvalue weighted by atomic mass is 9.85.